The summed E-state index contributed by atoms with van der Waals surface area (Å²) >= 11 is 0. The van der Waals surface area contributed by atoms with E-state index < -0.39 is 31.9 Å². The van der Waals surface area contributed by atoms with E-state index in [1.54, 1.807) is 0 Å². The van der Waals surface area contributed by atoms with Crippen LogP contribution in [0.5, 0.6) is 0 Å². The van der Waals surface area contributed by atoms with Gasteiger partial charge in [0.05, 0.1) is 20.8 Å². The van der Waals surface area contributed by atoms with Gasteiger partial charge in [-0.25, -0.2) is 0 Å². The van der Waals surface area contributed by atoms with Crippen LogP contribution in [0.2, 0.25) is 0 Å². The molecule has 186 valence electrons. The number of non-ortho nitro benzene ring substituents is 2. The summed E-state index contributed by atoms with van der Waals surface area (Å²) < 4.78 is 2.14. The van der Waals surface area contributed by atoms with Crippen molar-refractivity contribution in [3.63, 3.8) is 0 Å². The molecule has 6 rings (SSSR count). The van der Waals surface area contributed by atoms with Gasteiger partial charge in [-0.3, -0.25) is 35.1 Å². The fraction of sp³-hybridized carbons (Fsp3) is 0. The van der Waals surface area contributed by atoms with Crippen molar-refractivity contribution in [1.29, 1.82) is 0 Å². The van der Waals surface area contributed by atoms with Crippen molar-refractivity contribution in [2.24, 2.45) is 0 Å². The van der Waals surface area contributed by atoms with Crippen molar-refractivity contribution in [2.45, 2.75) is 0 Å². The highest BCUT2D eigenvalue weighted by atomic mass is 16.6. The Balaban J connectivity index is 0.000000168. The Hall–Kier alpha value is -5.71. The van der Waals surface area contributed by atoms with Gasteiger partial charge in [0.2, 0.25) is 5.78 Å². The summed E-state index contributed by atoms with van der Waals surface area (Å²) in [5.74, 6) is -0.688. The summed E-state index contributed by atoms with van der Waals surface area (Å²) in [4.78, 5) is 42.8. The lowest BCUT2D eigenvalue weighted by molar-refractivity contribution is -0.394. The van der Waals surface area contributed by atoms with Gasteiger partial charge < -0.3 is 4.40 Å². The van der Waals surface area contributed by atoms with Crippen LogP contribution in [-0.4, -0.2) is 25.0 Å². The molecule has 1 aliphatic rings. The molecule has 38 heavy (non-hydrogen) atoms. The second-order valence-electron chi connectivity index (χ2n) is 8.35. The molecule has 0 saturated heterocycles. The molecule has 0 unspecified atom stereocenters. The number of hydrogen-bond donors (Lipinski definition) is 0. The lowest BCUT2D eigenvalue weighted by Gasteiger charge is -2.01. The molecular weight excluding hydrogens is 492 g/mol. The Labute approximate surface area is 213 Å². The molecule has 1 aliphatic carbocycles. The molecule has 0 spiro atoms. The minimum Gasteiger partial charge on any atom is -0.323 e. The summed E-state index contributed by atoms with van der Waals surface area (Å²) in [6.45, 7) is 0. The number of benzene rings is 3. The molecular formula is C27H16N4O7. The Morgan fingerprint density at radius 1 is 0.605 bits per heavy atom. The Kier molecular flexibility index (Phi) is 5.93. The Bertz CT molecular complexity index is 1740. The predicted molar refractivity (Wildman–Crippen MR) is 138 cm³/mol. The molecule has 11 heteroatoms. The van der Waals surface area contributed by atoms with E-state index in [0.29, 0.717) is 6.07 Å². The van der Waals surface area contributed by atoms with E-state index >= 15 is 0 Å². The molecule has 2 aromatic heterocycles. The van der Waals surface area contributed by atoms with Crippen LogP contribution in [0.1, 0.15) is 15.9 Å². The maximum Gasteiger partial charge on any atom is 0.288 e. The smallest absolute Gasteiger partial charge is 0.288 e. The monoisotopic (exact) mass is 508 g/mol. The number of ketones is 1. The van der Waals surface area contributed by atoms with Crippen molar-refractivity contribution in [3.8, 4) is 22.3 Å². The van der Waals surface area contributed by atoms with E-state index in [9.17, 15) is 35.1 Å². The molecule has 0 radical (unpaired) electrons. The normalized spacial score (nSPS) is 11.3. The minimum atomic E-state index is -0.885. The van der Waals surface area contributed by atoms with Crippen LogP contribution in [-0.2, 0) is 0 Å². The summed E-state index contributed by atoms with van der Waals surface area (Å²) in [5.41, 5.74) is 1.95. The topological polar surface area (TPSA) is 151 Å². The van der Waals surface area contributed by atoms with Gasteiger partial charge in [-0.2, -0.15) is 0 Å². The molecule has 11 nitrogen and oxygen atoms in total. The van der Waals surface area contributed by atoms with Gasteiger partial charge in [-0.15, -0.1) is 0 Å². The fourth-order valence-corrected chi connectivity index (χ4v) is 4.36. The zero-order valence-corrected chi connectivity index (χ0v) is 19.4. The zero-order valence-electron chi connectivity index (χ0n) is 19.4. The molecule has 0 bridgehead atoms. The largest absolute Gasteiger partial charge is 0.323 e. The third-order valence-electron chi connectivity index (χ3n) is 6.10. The number of nitrogens with zero attached hydrogens (tertiary/aromatic N) is 4. The van der Waals surface area contributed by atoms with Gasteiger partial charge in [0.1, 0.15) is 5.56 Å². The number of pyridine rings is 1. The second-order valence-corrected chi connectivity index (χ2v) is 8.35. The number of carbonyl (C=O) groups excluding carboxylic acids is 1. The van der Waals surface area contributed by atoms with Crippen LogP contribution in [0.15, 0.2) is 97.3 Å². The van der Waals surface area contributed by atoms with Gasteiger partial charge in [0.25, 0.3) is 17.1 Å². The first kappa shape index (κ1) is 24.0. The van der Waals surface area contributed by atoms with E-state index in [4.69, 9.17) is 0 Å². The number of fused-ring (bicyclic) bond motifs is 4. The third kappa shape index (κ3) is 4.24. The SMILES string of the molecule is O=C1c2ccc([N+](=O)[O-])cc2-c2cc([N+](=O)[O-])cc([N+](=O)[O-])c21.c1ccc(-c2cc3ccccn3c2)cc1. The van der Waals surface area contributed by atoms with Crippen LogP contribution in [0, 0.1) is 30.3 Å². The minimum absolute atomic E-state index is 0.0363. The van der Waals surface area contributed by atoms with Gasteiger partial charge >= 0.3 is 0 Å². The average molecular weight is 508 g/mol. The maximum atomic E-state index is 12.3. The highest BCUT2D eigenvalue weighted by molar-refractivity contribution is 6.24. The van der Waals surface area contributed by atoms with Crippen molar-refractivity contribution in [1.82, 2.24) is 4.40 Å². The zero-order chi connectivity index (χ0) is 27.0. The van der Waals surface area contributed by atoms with Gasteiger partial charge in [0.15, 0.2) is 0 Å². The number of nitro benzene ring substituents is 3. The third-order valence-corrected chi connectivity index (χ3v) is 6.10. The number of carbonyl (C=O) groups is 1. The van der Waals surface area contributed by atoms with Crippen LogP contribution in [0.3, 0.4) is 0 Å². The van der Waals surface area contributed by atoms with Crippen molar-refractivity contribution < 1.29 is 19.6 Å². The molecule has 3 aromatic carbocycles. The predicted octanol–water partition coefficient (Wildman–Crippen LogP) is 6.23. The lowest BCUT2D eigenvalue weighted by atomic mass is 10.0. The first-order valence-electron chi connectivity index (χ1n) is 11.2. The molecule has 0 fully saturated rings. The molecule has 0 amide bonds. The number of rotatable bonds is 4. The molecule has 0 N–H and O–H groups in total. The highest BCUT2D eigenvalue weighted by Crippen LogP contribution is 2.44. The van der Waals surface area contributed by atoms with Crippen LogP contribution in [0.4, 0.5) is 17.1 Å². The Morgan fingerprint density at radius 2 is 1.29 bits per heavy atom. The van der Waals surface area contributed by atoms with E-state index in [2.05, 4.69) is 59.3 Å². The van der Waals surface area contributed by atoms with Crippen molar-refractivity contribution >= 4 is 28.4 Å². The van der Waals surface area contributed by atoms with E-state index in [-0.39, 0.29) is 27.9 Å². The number of hydrogen-bond acceptors (Lipinski definition) is 7. The summed E-state index contributed by atoms with van der Waals surface area (Å²) in [6, 6.07) is 23.9. The lowest BCUT2D eigenvalue weighted by Crippen LogP contribution is -2.02. The fourth-order valence-electron chi connectivity index (χ4n) is 4.36. The standard InChI is InChI=1S/C14H11N.C13H5N3O7/c1-2-6-12(7-3-1)13-10-14-8-4-5-9-15(14)11-13;17-13-8-2-1-6(14(18)19)3-9(8)10-4-7(15(20)21)5-11(12(10)13)16(22)23/h1-11H;1-5H. The quantitative estimate of drug-likeness (QED) is 0.202. The molecule has 0 aliphatic heterocycles. The first-order valence-corrected chi connectivity index (χ1v) is 11.2. The summed E-state index contributed by atoms with van der Waals surface area (Å²) in [5, 5.41) is 32.9. The van der Waals surface area contributed by atoms with Gasteiger partial charge in [-0.1, -0.05) is 36.4 Å². The van der Waals surface area contributed by atoms with Crippen molar-refractivity contribution in [2.75, 3.05) is 0 Å². The number of aromatic nitrogens is 1. The summed E-state index contributed by atoms with van der Waals surface area (Å²) in [7, 11) is 0. The van der Waals surface area contributed by atoms with E-state index in [1.165, 1.54) is 22.7 Å². The van der Waals surface area contributed by atoms with Crippen LogP contribution >= 0.6 is 0 Å². The van der Waals surface area contributed by atoms with Crippen molar-refractivity contribution in [3.05, 3.63) is 139 Å². The molecule has 0 saturated carbocycles. The average Bonchev–Trinajstić information content (AvgIpc) is 3.48. The van der Waals surface area contributed by atoms with Crippen LogP contribution in [0.25, 0.3) is 27.8 Å². The van der Waals surface area contributed by atoms with E-state index in [1.807, 2.05) is 12.1 Å². The van der Waals surface area contributed by atoms with Crippen LogP contribution < -0.4 is 0 Å². The second kappa shape index (κ2) is 9.39. The summed E-state index contributed by atoms with van der Waals surface area (Å²) in [6.07, 6.45) is 4.23. The Morgan fingerprint density at radius 3 is 1.95 bits per heavy atom. The maximum absolute atomic E-state index is 12.3. The molecule has 2 heterocycles. The molecule has 0 atom stereocenters. The van der Waals surface area contributed by atoms with E-state index in [0.717, 1.165) is 18.2 Å². The van der Waals surface area contributed by atoms with Gasteiger partial charge in [0, 0.05) is 58.4 Å². The highest BCUT2D eigenvalue weighted by Gasteiger charge is 2.37. The first-order chi connectivity index (χ1) is 18.2. The van der Waals surface area contributed by atoms with Gasteiger partial charge in [-0.05, 0) is 29.8 Å². The molecule has 5 aromatic rings. The number of nitro groups is 3.